The van der Waals surface area contributed by atoms with Gasteiger partial charge in [0.1, 0.15) is 11.5 Å². The zero-order valence-electron chi connectivity index (χ0n) is 21.2. The van der Waals surface area contributed by atoms with Crippen LogP contribution in [0.3, 0.4) is 0 Å². The maximum atomic E-state index is 13.7. The average Bonchev–Trinajstić information content (AvgIpc) is 3.38. The molecular weight excluding hydrogens is 501 g/mol. The van der Waals surface area contributed by atoms with E-state index in [1.165, 1.54) is 19.1 Å². The highest BCUT2D eigenvalue weighted by Crippen LogP contribution is 2.38. The third-order valence-electron chi connectivity index (χ3n) is 6.08. The number of hydrogen-bond acceptors (Lipinski definition) is 8. The van der Waals surface area contributed by atoms with Crippen molar-refractivity contribution in [1.29, 1.82) is 0 Å². The Morgan fingerprint density at radius 3 is 2.34 bits per heavy atom. The first-order chi connectivity index (χ1) is 18.0. The van der Waals surface area contributed by atoms with Gasteiger partial charge in [-0.2, -0.15) is 18.3 Å². The molecule has 202 valence electrons. The molecule has 4 rings (SSSR count). The Kier molecular flexibility index (Phi) is 7.74. The normalized spacial score (nSPS) is 13.4. The van der Waals surface area contributed by atoms with Crippen LogP contribution in [0.25, 0.3) is 22.3 Å². The van der Waals surface area contributed by atoms with Crippen LogP contribution in [0, 0.1) is 0 Å². The number of alkyl halides is 3. The van der Waals surface area contributed by atoms with Crippen LogP contribution in [0.1, 0.15) is 13.3 Å². The average molecular weight is 531 g/mol. The molecular formula is C26H29F3N6O3. The van der Waals surface area contributed by atoms with Gasteiger partial charge >= 0.3 is 6.18 Å². The van der Waals surface area contributed by atoms with Gasteiger partial charge in [0.2, 0.25) is 0 Å². The highest BCUT2D eigenvalue weighted by Gasteiger charge is 2.51. The molecule has 0 fully saturated rings. The van der Waals surface area contributed by atoms with Crippen molar-refractivity contribution in [2.75, 3.05) is 32.2 Å². The number of halogens is 3. The Morgan fingerprint density at radius 1 is 1.00 bits per heavy atom. The van der Waals surface area contributed by atoms with Crippen molar-refractivity contribution in [1.82, 2.24) is 19.7 Å². The van der Waals surface area contributed by atoms with Crippen LogP contribution in [0.5, 0.6) is 11.5 Å². The number of anilines is 2. The minimum atomic E-state index is -4.87. The van der Waals surface area contributed by atoms with E-state index in [2.05, 4.69) is 15.1 Å². The number of aromatic nitrogens is 4. The van der Waals surface area contributed by atoms with E-state index in [1.807, 2.05) is 6.20 Å². The van der Waals surface area contributed by atoms with Crippen LogP contribution >= 0.6 is 0 Å². The van der Waals surface area contributed by atoms with Crippen molar-refractivity contribution in [2.45, 2.75) is 31.7 Å². The molecule has 0 aliphatic rings. The van der Waals surface area contributed by atoms with Gasteiger partial charge in [-0.1, -0.05) is 0 Å². The molecule has 1 atom stereocenters. The number of hydrogen-bond donors (Lipinski definition) is 2. The lowest BCUT2D eigenvalue weighted by Crippen LogP contribution is -2.50. The maximum Gasteiger partial charge on any atom is 0.418 e. The Balaban J connectivity index is 1.79. The molecule has 0 bridgehead atoms. The molecule has 12 heteroatoms. The summed E-state index contributed by atoms with van der Waals surface area (Å²) in [6, 6.07) is 9.66. The zero-order valence-corrected chi connectivity index (χ0v) is 21.2. The van der Waals surface area contributed by atoms with E-state index in [0.29, 0.717) is 52.7 Å². The number of nitrogens with two attached hydrogens (primary N) is 1. The van der Waals surface area contributed by atoms with Gasteiger partial charge < -0.3 is 25.2 Å². The fourth-order valence-electron chi connectivity index (χ4n) is 3.86. The molecule has 4 aromatic rings. The number of ether oxygens (including phenoxy) is 2. The second-order valence-corrected chi connectivity index (χ2v) is 8.99. The van der Waals surface area contributed by atoms with E-state index in [1.54, 1.807) is 53.5 Å². The van der Waals surface area contributed by atoms with Crippen LogP contribution < -0.4 is 20.1 Å². The summed E-state index contributed by atoms with van der Waals surface area (Å²) in [5, 5.41) is 14.7. The van der Waals surface area contributed by atoms with Crippen molar-refractivity contribution in [3.63, 3.8) is 0 Å². The molecule has 0 radical (unpaired) electrons. The molecule has 9 nitrogen and oxygen atoms in total. The van der Waals surface area contributed by atoms with E-state index >= 15 is 0 Å². The summed E-state index contributed by atoms with van der Waals surface area (Å²) >= 11 is 0. The van der Waals surface area contributed by atoms with E-state index in [9.17, 15) is 18.3 Å². The maximum absolute atomic E-state index is 13.7. The Labute approximate surface area is 217 Å². The SMILES string of the molecule is COc1cc(OC)cc(N(CC(C)(O)C(F)(F)F)c2ccc3ncc(-c4cnn(CCCN)c4)nc3c2)c1. The summed E-state index contributed by atoms with van der Waals surface area (Å²) in [6.45, 7) is 1.16. The first-order valence-corrected chi connectivity index (χ1v) is 11.8. The summed E-state index contributed by atoms with van der Waals surface area (Å²) in [6.07, 6.45) is 1.03. The van der Waals surface area contributed by atoms with Gasteiger partial charge in [-0.15, -0.1) is 0 Å². The van der Waals surface area contributed by atoms with Gasteiger partial charge in [-0.25, -0.2) is 4.98 Å². The Bertz CT molecular complexity index is 1380. The van der Waals surface area contributed by atoms with Crippen LogP contribution in [-0.4, -0.2) is 63.9 Å². The highest BCUT2D eigenvalue weighted by molar-refractivity contribution is 5.82. The van der Waals surface area contributed by atoms with Crippen molar-refractivity contribution < 1.29 is 27.8 Å². The topological polar surface area (TPSA) is 112 Å². The van der Waals surface area contributed by atoms with Gasteiger partial charge in [0.05, 0.1) is 49.9 Å². The quantitative estimate of drug-likeness (QED) is 0.312. The van der Waals surface area contributed by atoms with Crippen molar-refractivity contribution >= 4 is 22.4 Å². The molecule has 1 unspecified atom stereocenters. The molecule has 0 spiro atoms. The first-order valence-electron chi connectivity index (χ1n) is 11.8. The predicted molar refractivity (Wildman–Crippen MR) is 138 cm³/mol. The van der Waals surface area contributed by atoms with Crippen molar-refractivity contribution in [2.24, 2.45) is 5.73 Å². The number of rotatable bonds is 10. The molecule has 0 saturated carbocycles. The molecule has 0 saturated heterocycles. The summed E-state index contributed by atoms with van der Waals surface area (Å²) in [5.41, 5.74) is 5.56. The van der Waals surface area contributed by atoms with Crippen LogP contribution in [0.2, 0.25) is 0 Å². The summed E-state index contributed by atoms with van der Waals surface area (Å²) in [7, 11) is 2.89. The molecule has 2 aromatic heterocycles. The smallest absolute Gasteiger partial charge is 0.418 e. The fourth-order valence-corrected chi connectivity index (χ4v) is 3.86. The van der Waals surface area contributed by atoms with E-state index in [4.69, 9.17) is 15.2 Å². The van der Waals surface area contributed by atoms with Crippen LogP contribution in [-0.2, 0) is 6.54 Å². The molecule has 3 N–H and O–H groups in total. The van der Waals surface area contributed by atoms with Gasteiger partial charge in [0.15, 0.2) is 5.60 Å². The second kappa shape index (κ2) is 10.8. The molecule has 38 heavy (non-hydrogen) atoms. The predicted octanol–water partition coefficient (Wildman–Crippen LogP) is 4.31. The third-order valence-corrected chi connectivity index (χ3v) is 6.08. The Morgan fingerprint density at radius 2 is 1.71 bits per heavy atom. The molecule has 0 aliphatic heterocycles. The van der Waals surface area contributed by atoms with E-state index in [-0.39, 0.29) is 0 Å². The largest absolute Gasteiger partial charge is 0.497 e. The molecule has 0 amide bonds. The first kappa shape index (κ1) is 27.1. The van der Waals surface area contributed by atoms with Crippen molar-refractivity contribution in [3.05, 3.63) is 55.0 Å². The highest BCUT2D eigenvalue weighted by atomic mass is 19.4. The molecule has 2 heterocycles. The van der Waals surface area contributed by atoms with Crippen LogP contribution in [0.4, 0.5) is 24.5 Å². The number of fused-ring (bicyclic) bond motifs is 1. The number of aliphatic hydroxyl groups is 1. The lowest BCUT2D eigenvalue weighted by molar-refractivity contribution is -0.248. The minimum absolute atomic E-state index is 0.329. The second-order valence-electron chi connectivity index (χ2n) is 8.99. The van der Waals surface area contributed by atoms with Gasteiger partial charge in [0, 0.05) is 47.9 Å². The number of nitrogens with zero attached hydrogens (tertiary/aromatic N) is 5. The lowest BCUT2D eigenvalue weighted by Gasteiger charge is -2.34. The minimum Gasteiger partial charge on any atom is -0.497 e. The van der Waals surface area contributed by atoms with E-state index in [0.717, 1.165) is 18.9 Å². The monoisotopic (exact) mass is 530 g/mol. The summed E-state index contributed by atoms with van der Waals surface area (Å²) < 4.78 is 53.6. The number of aryl methyl sites for hydroxylation is 1. The molecule has 0 aliphatic carbocycles. The van der Waals surface area contributed by atoms with Gasteiger partial charge in [-0.3, -0.25) is 9.67 Å². The standard InChI is InChI=1S/C26H29F3N6O3/c1-25(36,26(27,28)29)16-35(19-9-20(37-2)12-21(10-19)38-3)18-5-6-22-23(11-18)33-24(14-31-22)17-13-32-34(15-17)8-4-7-30/h5-6,9-15,36H,4,7-8,16,30H2,1-3H3. The lowest BCUT2D eigenvalue weighted by atomic mass is 10.0. The zero-order chi connectivity index (χ0) is 27.5. The number of methoxy groups -OCH3 is 2. The van der Waals surface area contributed by atoms with E-state index < -0.39 is 18.3 Å². The Hall–Kier alpha value is -3.90. The van der Waals surface area contributed by atoms with Crippen molar-refractivity contribution in [3.8, 4) is 22.8 Å². The summed E-state index contributed by atoms with van der Waals surface area (Å²) in [5.74, 6) is 0.760. The third kappa shape index (κ3) is 5.81. The van der Waals surface area contributed by atoms with Crippen LogP contribution in [0.15, 0.2) is 55.0 Å². The number of benzene rings is 2. The van der Waals surface area contributed by atoms with Gasteiger partial charge in [-0.05, 0) is 38.1 Å². The molecule has 2 aromatic carbocycles. The summed E-state index contributed by atoms with van der Waals surface area (Å²) in [4.78, 5) is 10.5. The van der Waals surface area contributed by atoms with Gasteiger partial charge in [0.25, 0.3) is 0 Å². The fraction of sp³-hybridized carbons (Fsp3) is 0.346.